The van der Waals surface area contributed by atoms with E-state index >= 15 is 0 Å². The monoisotopic (exact) mass is 176 g/mol. The maximum absolute atomic E-state index is 11.3. The molecule has 0 bridgehead atoms. The van der Waals surface area contributed by atoms with E-state index in [1.165, 1.54) is 12.3 Å². The number of ketones is 1. The van der Waals surface area contributed by atoms with Gasteiger partial charge in [0, 0.05) is 19.4 Å². The molecule has 2 aliphatic heterocycles. The fourth-order valence-electron chi connectivity index (χ4n) is 1.18. The van der Waals surface area contributed by atoms with Gasteiger partial charge in [0.1, 0.15) is 5.71 Å². The molecule has 2 rings (SSSR count). The molecule has 0 aliphatic carbocycles. The molecule has 2 heterocycles. The lowest BCUT2D eigenvalue weighted by molar-refractivity contribution is -0.108. The first kappa shape index (κ1) is 8.07. The van der Waals surface area contributed by atoms with Crippen molar-refractivity contribution < 1.29 is 9.53 Å². The number of carbonyl (C=O) groups excluding carboxylic acids is 1. The summed E-state index contributed by atoms with van der Waals surface area (Å²) in [6, 6.07) is 0. The number of aliphatic imine (C=N–C) groups is 2. The normalized spacial score (nSPS) is 25.3. The van der Waals surface area contributed by atoms with Gasteiger partial charge in [-0.3, -0.25) is 9.79 Å². The lowest BCUT2D eigenvalue weighted by atomic mass is 10.1. The lowest BCUT2D eigenvalue weighted by Crippen LogP contribution is -2.29. The van der Waals surface area contributed by atoms with Crippen LogP contribution in [0.4, 0.5) is 0 Å². The summed E-state index contributed by atoms with van der Waals surface area (Å²) in [5.41, 5.74) is 0.998. The van der Waals surface area contributed by atoms with E-state index in [0.717, 1.165) is 0 Å². The molecule has 0 spiro atoms. The minimum Gasteiger partial charge on any atom is -0.356 e. The number of methoxy groups -OCH3 is 1. The standard InChI is InChI=1S/C9H8N2O2/c1-13-8-3-2-6-9(11-8)7(12)4-5-10-6/h2-5,8H,1H3. The van der Waals surface area contributed by atoms with Gasteiger partial charge in [-0.15, -0.1) is 0 Å². The molecule has 0 aromatic rings. The Labute approximate surface area is 75.3 Å². The van der Waals surface area contributed by atoms with Crippen molar-refractivity contribution in [2.45, 2.75) is 6.23 Å². The van der Waals surface area contributed by atoms with Gasteiger partial charge in [-0.1, -0.05) is 0 Å². The van der Waals surface area contributed by atoms with Crippen molar-refractivity contribution in [3.8, 4) is 0 Å². The maximum atomic E-state index is 11.3. The number of carbonyl (C=O) groups is 1. The molecule has 13 heavy (non-hydrogen) atoms. The van der Waals surface area contributed by atoms with E-state index in [4.69, 9.17) is 4.74 Å². The number of hydrogen-bond acceptors (Lipinski definition) is 4. The van der Waals surface area contributed by atoms with Crippen molar-refractivity contribution in [1.82, 2.24) is 0 Å². The fraction of sp³-hybridized carbons (Fsp3) is 0.222. The third-order valence-electron chi connectivity index (χ3n) is 1.83. The molecule has 0 saturated carbocycles. The van der Waals surface area contributed by atoms with Crippen LogP contribution >= 0.6 is 0 Å². The van der Waals surface area contributed by atoms with Crippen molar-refractivity contribution in [2.24, 2.45) is 9.98 Å². The van der Waals surface area contributed by atoms with Gasteiger partial charge in [-0.05, 0) is 12.2 Å². The van der Waals surface area contributed by atoms with Crippen LogP contribution in [0, 0.1) is 0 Å². The Kier molecular flexibility index (Phi) is 1.90. The Balaban J connectivity index is 2.38. The van der Waals surface area contributed by atoms with Gasteiger partial charge in [0.25, 0.3) is 0 Å². The zero-order valence-electron chi connectivity index (χ0n) is 7.10. The minimum absolute atomic E-state index is 0.114. The molecular formula is C9H8N2O2. The highest BCUT2D eigenvalue weighted by Gasteiger charge is 2.21. The predicted octanol–water partition coefficient (Wildman–Crippen LogP) is 0.507. The largest absolute Gasteiger partial charge is 0.356 e. The van der Waals surface area contributed by atoms with E-state index in [1.54, 1.807) is 19.3 Å². The summed E-state index contributed by atoms with van der Waals surface area (Å²) in [5, 5.41) is 0. The highest BCUT2D eigenvalue weighted by atomic mass is 16.5. The first-order valence-electron chi connectivity index (χ1n) is 3.89. The molecule has 66 valence electrons. The van der Waals surface area contributed by atoms with Crippen LogP contribution in [0.2, 0.25) is 0 Å². The van der Waals surface area contributed by atoms with Crippen LogP contribution in [0.3, 0.4) is 0 Å². The van der Waals surface area contributed by atoms with Crippen molar-refractivity contribution in [2.75, 3.05) is 7.11 Å². The van der Waals surface area contributed by atoms with Crippen LogP contribution in [-0.4, -0.2) is 30.5 Å². The summed E-state index contributed by atoms with van der Waals surface area (Å²) in [6.07, 6.45) is 6.03. The van der Waals surface area contributed by atoms with Gasteiger partial charge in [-0.2, -0.15) is 0 Å². The molecule has 1 atom stereocenters. The van der Waals surface area contributed by atoms with Crippen LogP contribution in [0.25, 0.3) is 0 Å². The summed E-state index contributed by atoms with van der Waals surface area (Å²) in [5.74, 6) is -0.114. The predicted molar refractivity (Wildman–Crippen MR) is 49.0 cm³/mol. The number of fused-ring (bicyclic) bond motifs is 1. The zero-order valence-corrected chi connectivity index (χ0v) is 7.10. The number of dihydropyridines is 1. The summed E-state index contributed by atoms with van der Waals surface area (Å²) < 4.78 is 4.98. The number of allylic oxidation sites excluding steroid dienone is 2. The van der Waals surface area contributed by atoms with Gasteiger partial charge >= 0.3 is 0 Å². The van der Waals surface area contributed by atoms with Crippen molar-refractivity contribution in [3.63, 3.8) is 0 Å². The highest BCUT2D eigenvalue weighted by Crippen LogP contribution is 2.09. The molecule has 4 nitrogen and oxygen atoms in total. The number of rotatable bonds is 1. The van der Waals surface area contributed by atoms with Crippen LogP contribution < -0.4 is 0 Å². The molecule has 1 unspecified atom stereocenters. The Morgan fingerprint density at radius 1 is 1.46 bits per heavy atom. The zero-order chi connectivity index (χ0) is 9.26. The van der Waals surface area contributed by atoms with Crippen LogP contribution in [-0.2, 0) is 9.53 Å². The van der Waals surface area contributed by atoms with Gasteiger partial charge in [0.15, 0.2) is 6.23 Å². The average molecular weight is 176 g/mol. The Morgan fingerprint density at radius 3 is 3.08 bits per heavy atom. The fourth-order valence-corrected chi connectivity index (χ4v) is 1.18. The molecule has 0 fully saturated rings. The van der Waals surface area contributed by atoms with E-state index in [1.807, 2.05) is 0 Å². The summed E-state index contributed by atoms with van der Waals surface area (Å²) >= 11 is 0. The van der Waals surface area contributed by atoms with Crippen molar-refractivity contribution in [3.05, 3.63) is 24.4 Å². The molecule has 0 N–H and O–H groups in total. The number of nitrogens with zero attached hydrogens (tertiary/aromatic N) is 2. The second-order valence-electron chi connectivity index (χ2n) is 2.66. The smallest absolute Gasteiger partial charge is 0.207 e. The topological polar surface area (TPSA) is 51.0 Å². The molecule has 0 radical (unpaired) electrons. The average Bonchev–Trinajstić information content (AvgIpc) is 2.18. The SMILES string of the molecule is COC1C=CC2=NC=CC(=O)C2=N1. The van der Waals surface area contributed by atoms with E-state index in [0.29, 0.717) is 11.4 Å². The third-order valence-corrected chi connectivity index (χ3v) is 1.83. The highest BCUT2D eigenvalue weighted by molar-refractivity contribution is 6.72. The Bertz CT molecular complexity index is 364. The second kappa shape index (κ2) is 3.06. The first-order valence-corrected chi connectivity index (χ1v) is 3.89. The number of hydrogen-bond donors (Lipinski definition) is 0. The van der Waals surface area contributed by atoms with Crippen LogP contribution in [0.1, 0.15) is 0 Å². The van der Waals surface area contributed by atoms with E-state index in [9.17, 15) is 4.79 Å². The molecule has 0 aromatic carbocycles. The van der Waals surface area contributed by atoms with Crippen molar-refractivity contribution >= 4 is 17.2 Å². The van der Waals surface area contributed by atoms with Gasteiger partial charge in [0.2, 0.25) is 5.78 Å². The molecule has 0 aromatic heterocycles. The van der Waals surface area contributed by atoms with E-state index < -0.39 is 0 Å². The van der Waals surface area contributed by atoms with Gasteiger partial charge in [-0.25, -0.2) is 4.99 Å². The Hall–Kier alpha value is -1.55. The summed E-state index contributed by atoms with van der Waals surface area (Å²) in [7, 11) is 1.55. The molecule has 0 saturated heterocycles. The molecule has 0 amide bonds. The molecular weight excluding hydrogens is 168 g/mol. The molecule has 2 aliphatic rings. The van der Waals surface area contributed by atoms with E-state index in [-0.39, 0.29) is 12.0 Å². The van der Waals surface area contributed by atoms with Gasteiger partial charge in [0.05, 0.1) is 5.71 Å². The Morgan fingerprint density at radius 2 is 2.31 bits per heavy atom. The van der Waals surface area contributed by atoms with E-state index in [2.05, 4.69) is 9.98 Å². The minimum atomic E-state index is -0.357. The maximum Gasteiger partial charge on any atom is 0.207 e. The van der Waals surface area contributed by atoms with Crippen LogP contribution in [0.15, 0.2) is 34.4 Å². The van der Waals surface area contributed by atoms with Crippen molar-refractivity contribution in [1.29, 1.82) is 0 Å². The quantitative estimate of drug-likeness (QED) is 0.584. The molecule has 4 heteroatoms. The second-order valence-corrected chi connectivity index (χ2v) is 2.66. The van der Waals surface area contributed by atoms with Gasteiger partial charge < -0.3 is 4.74 Å². The lowest BCUT2D eigenvalue weighted by Gasteiger charge is -2.15. The van der Waals surface area contributed by atoms with Crippen LogP contribution in [0.5, 0.6) is 0 Å². The summed E-state index contributed by atoms with van der Waals surface area (Å²) in [4.78, 5) is 19.4. The third kappa shape index (κ3) is 1.36. The first-order chi connectivity index (χ1) is 6.31. The summed E-state index contributed by atoms with van der Waals surface area (Å²) in [6.45, 7) is 0. The number of ether oxygens (including phenoxy) is 1.